The fourth-order valence-electron chi connectivity index (χ4n) is 1.39. The molecule has 0 amide bonds. The van der Waals surface area contributed by atoms with Crippen molar-refractivity contribution in [1.29, 1.82) is 0 Å². The summed E-state index contributed by atoms with van der Waals surface area (Å²) < 4.78 is 1.03. The highest BCUT2D eigenvalue weighted by molar-refractivity contribution is 9.10. The van der Waals surface area contributed by atoms with Gasteiger partial charge in [-0.1, -0.05) is 0 Å². The Bertz CT molecular complexity index is 473. The lowest BCUT2D eigenvalue weighted by Crippen LogP contribution is -2.09. The molecule has 3 nitrogen and oxygen atoms in total. The number of halogens is 1. The third kappa shape index (κ3) is 1.81. The molecule has 0 radical (unpaired) electrons. The molecular formula is C10H12BrN3S. The molecule has 0 aliphatic heterocycles. The number of rotatable bonds is 2. The van der Waals surface area contributed by atoms with Crippen molar-refractivity contribution in [3.8, 4) is 10.6 Å². The molecule has 2 heterocycles. The van der Waals surface area contributed by atoms with Crippen molar-refractivity contribution < 1.29 is 0 Å². The Kier molecular flexibility index (Phi) is 2.84. The average Bonchev–Trinajstić information content (AvgIpc) is 2.71. The number of aryl methyl sites for hydroxylation is 1. The SMILES string of the molecule is Cc1ccsc1-c1[nH]nc(N(C)C)c1Br. The molecule has 0 bridgehead atoms. The van der Waals surface area contributed by atoms with Gasteiger partial charge in [0, 0.05) is 14.1 Å². The van der Waals surface area contributed by atoms with E-state index in [2.05, 4.69) is 44.5 Å². The molecule has 2 aromatic rings. The van der Waals surface area contributed by atoms with E-state index < -0.39 is 0 Å². The van der Waals surface area contributed by atoms with Gasteiger partial charge in [-0.3, -0.25) is 5.10 Å². The normalized spacial score (nSPS) is 10.7. The Morgan fingerprint density at radius 3 is 2.67 bits per heavy atom. The lowest BCUT2D eigenvalue weighted by Gasteiger charge is -2.07. The maximum atomic E-state index is 4.27. The zero-order valence-electron chi connectivity index (χ0n) is 8.84. The Morgan fingerprint density at radius 2 is 2.20 bits per heavy atom. The Labute approximate surface area is 101 Å². The quantitative estimate of drug-likeness (QED) is 0.918. The van der Waals surface area contributed by atoms with Gasteiger partial charge >= 0.3 is 0 Å². The number of hydrogen-bond donors (Lipinski definition) is 1. The van der Waals surface area contributed by atoms with E-state index in [9.17, 15) is 0 Å². The van der Waals surface area contributed by atoms with E-state index in [-0.39, 0.29) is 0 Å². The minimum Gasteiger partial charge on any atom is -0.360 e. The number of nitrogens with zero attached hydrogens (tertiary/aromatic N) is 2. The van der Waals surface area contributed by atoms with Crippen molar-refractivity contribution >= 4 is 33.1 Å². The zero-order valence-corrected chi connectivity index (χ0v) is 11.2. The van der Waals surface area contributed by atoms with Crippen LogP contribution in [0, 0.1) is 6.92 Å². The van der Waals surface area contributed by atoms with Crippen LogP contribution in [0.4, 0.5) is 5.82 Å². The lowest BCUT2D eigenvalue weighted by atomic mass is 10.2. The first-order valence-electron chi connectivity index (χ1n) is 4.57. The van der Waals surface area contributed by atoms with E-state index in [1.807, 2.05) is 19.0 Å². The molecule has 1 N–H and O–H groups in total. The second-order valence-corrected chi connectivity index (χ2v) is 5.27. The van der Waals surface area contributed by atoms with E-state index in [1.54, 1.807) is 11.3 Å². The summed E-state index contributed by atoms with van der Waals surface area (Å²) in [6.07, 6.45) is 0. The largest absolute Gasteiger partial charge is 0.360 e. The first-order valence-corrected chi connectivity index (χ1v) is 6.24. The monoisotopic (exact) mass is 285 g/mol. The molecule has 0 fully saturated rings. The molecule has 0 aromatic carbocycles. The van der Waals surface area contributed by atoms with Crippen molar-refractivity contribution in [1.82, 2.24) is 10.2 Å². The van der Waals surface area contributed by atoms with Gasteiger partial charge in [0.2, 0.25) is 0 Å². The van der Waals surface area contributed by atoms with E-state index in [4.69, 9.17) is 0 Å². The molecule has 0 spiro atoms. The highest BCUT2D eigenvalue weighted by atomic mass is 79.9. The summed E-state index contributed by atoms with van der Waals surface area (Å²) in [6, 6.07) is 2.11. The molecule has 0 unspecified atom stereocenters. The van der Waals surface area contributed by atoms with Crippen LogP contribution in [0.2, 0.25) is 0 Å². The van der Waals surface area contributed by atoms with Crippen LogP contribution < -0.4 is 4.90 Å². The van der Waals surface area contributed by atoms with Crippen LogP contribution in [0.1, 0.15) is 5.56 Å². The van der Waals surface area contributed by atoms with E-state index in [0.29, 0.717) is 0 Å². The number of aromatic nitrogens is 2. The van der Waals surface area contributed by atoms with Crippen molar-refractivity contribution in [2.24, 2.45) is 0 Å². The highest BCUT2D eigenvalue weighted by Crippen LogP contribution is 2.37. The molecule has 0 aliphatic rings. The van der Waals surface area contributed by atoms with Crippen LogP contribution in [-0.4, -0.2) is 24.3 Å². The van der Waals surface area contributed by atoms with Gasteiger partial charge in [0.15, 0.2) is 5.82 Å². The van der Waals surface area contributed by atoms with Gasteiger partial charge in [-0.05, 0) is 39.9 Å². The van der Waals surface area contributed by atoms with Gasteiger partial charge in [0.05, 0.1) is 15.0 Å². The van der Waals surface area contributed by atoms with Gasteiger partial charge < -0.3 is 4.90 Å². The second-order valence-electron chi connectivity index (χ2n) is 3.56. The van der Waals surface area contributed by atoms with Gasteiger partial charge in [0.25, 0.3) is 0 Å². The molecule has 0 saturated heterocycles. The number of anilines is 1. The summed E-state index contributed by atoms with van der Waals surface area (Å²) >= 11 is 5.30. The number of H-pyrrole nitrogens is 1. The molecule has 2 aromatic heterocycles. The standard InChI is InChI=1S/C10H12BrN3S/c1-6-4-5-15-9(6)8-7(11)10(13-12-8)14(2)3/h4-5H,1-3H3,(H,12,13). The van der Waals surface area contributed by atoms with Crippen molar-refractivity contribution in [3.05, 3.63) is 21.5 Å². The van der Waals surface area contributed by atoms with Gasteiger partial charge in [-0.25, -0.2) is 0 Å². The van der Waals surface area contributed by atoms with Crippen molar-refractivity contribution in [2.45, 2.75) is 6.92 Å². The van der Waals surface area contributed by atoms with Crippen LogP contribution in [0.3, 0.4) is 0 Å². The molecule has 0 atom stereocenters. The minimum atomic E-state index is 0.929. The van der Waals surface area contributed by atoms with Crippen LogP contribution >= 0.6 is 27.3 Å². The highest BCUT2D eigenvalue weighted by Gasteiger charge is 2.15. The third-order valence-electron chi connectivity index (χ3n) is 2.20. The van der Waals surface area contributed by atoms with E-state index >= 15 is 0 Å². The summed E-state index contributed by atoms with van der Waals surface area (Å²) in [7, 11) is 3.96. The summed E-state index contributed by atoms with van der Waals surface area (Å²) in [5.74, 6) is 0.929. The fourth-order valence-corrected chi connectivity index (χ4v) is 3.18. The predicted molar refractivity (Wildman–Crippen MR) is 68.7 cm³/mol. The minimum absolute atomic E-state index is 0.929. The summed E-state index contributed by atoms with van der Waals surface area (Å²) in [6.45, 7) is 2.11. The second kappa shape index (κ2) is 3.98. The number of thiophene rings is 1. The van der Waals surface area contributed by atoms with Crippen LogP contribution in [0.5, 0.6) is 0 Å². The number of nitrogens with one attached hydrogen (secondary N) is 1. The Hall–Kier alpha value is -0.810. The van der Waals surface area contributed by atoms with Gasteiger partial charge in [0.1, 0.15) is 0 Å². The predicted octanol–water partition coefficient (Wildman–Crippen LogP) is 3.28. The Balaban J connectivity index is 2.51. The molecule has 80 valence electrons. The van der Waals surface area contributed by atoms with E-state index in [1.165, 1.54) is 10.4 Å². The number of aromatic amines is 1. The van der Waals surface area contributed by atoms with Crippen molar-refractivity contribution in [3.63, 3.8) is 0 Å². The maximum Gasteiger partial charge on any atom is 0.164 e. The Morgan fingerprint density at radius 1 is 1.47 bits per heavy atom. The van der Waals surface area contributed by atoms with Gasteiger partial charge in [-0.2, -0.15) is 5.10 Å². The van der Waals surface area contributed by atoms with Crippen LogP contribution in [-0.2, 0) is 0 Å². The maximum absolute atomic E-state index is 4.27. The van der Waals surface area contributed by atoms with Crippen molar-refractivity contribution in [2.75, 3.05) is 19.0 Å². The zero-order chi connectivity index (χ0) is 11.0. The first kappa shape index (κ1) is 10.7. The smallest absolute Gasteiger partial charge is 0.164 e. The molecule has 2 rings (SSSR count). The molecule has 0 aliphatic carbocycles. The average molecular weight is 286 g/mol. The molecule has 15 heavy (non-hydrogen) atoms. The fraction of sp³-hybridized carbons (Fsp3) is 0.300. The molecule has 5 heteroatoms. The summed E-state index contributed by atoms with van der Waals surface area (Å²) in [4.78, 5) is 3.22. The summed E-state index contributed by atoms with van der Waals surface area (Å²) in [5, 5.41) is 9.43. The topological polar surface area (TPSA) is 31.9 Å². The summed E-state index contributed by atoms with van der Waals surface area (Å²) in [5.41, 5.74) is 2.33. The van der Waals surface area contributed by atoms with Crippen LogP contribution in [0.25, 0.3) is 10.6 Å². The number of hydrogen-bond acceptors (Lipinski definition) is 3. The third-order valence-corrected chi connectivity index (χ3v) is 3.99. The molecule has 0 saturated carbocycles. The van der Waals surface area contributed by atoms with Crippen LogP contribution in [0.15, 0.2) is 15.9 Å². The molecular weight excluding hydrogens is 274 g/mol. The van der Waals surface area contributed by atoms with E-state index in [0.717, 1.165) is 16.0 Å². The van der Waals surface area contributed by atoms with Gasteiger partial charge in [-0.15, -0.1) is 11.3 Å². The first-order chi connectivity index (χ1) is 7.11. The lowest BCUT2D eigenvalue weighted by molar-refractivity contribution is 1.01.